The Labute approximate surface area is 141 Å². The van der Waals surface area contributed by atoms with Crippen LogP contribution in [0.15, 0.2) is 54.6 Å². The summed E-state index contributed by atoms with van der Waals surface area (Å²) in [6, 6.07) is 16.6. The highest BCUT2D eigenvalue weighted by molar-refractivity contribution is 6.32. The van der Waals surface area contributed by atoms with E-state index in [1.54, 1.807) is 24.1 Å². The summed E-state index contributed by atoms with van der Waals surface area (Å²) in [5.74, 6) is 0.611. The zero-order valence-corrected chi connectivity index (χ0v) is 13.9. The molecule has 0 saturated heterocycles. The minimum absolute atomic E-state index is 0.0101. The van der Waals surface area contributed by atoms with Crippen molar-refractivity contribution in [3.05, 3.63) is 65.2 Å². The average molecular weight is 333 g/mol. The molecule has 0 aliphatic carbocycles. The van der Waals surface area contributed by atoms with E-state index in [0.29, 0.717) is 23.9 Å². The van der Waals surface area contributed by atoms with Crippen LogP contribution in [0.1, 0.15) is 18.0 Å². The van der Waals surface area contributed by atoms with E-state index in [-0.39, 0.29) is 18.4 Å². The second-order valence-electron chi connectivity index (χ2n) is 5.32. The van der Waals surface area contributed by atoms with E-state index in [1.807, 2.05) is 42.5 Å². The van der Waals surface area contributed by atoms with Crippen LogP contribution < -0.4 is 10.5 Å². The van der Waals surface area contributed by atoms with Gasteiger partial charge in [-0.15, -0.1) is 0 Å². The number of hydrogen-bond acceptors (Lipinski definition) is 3. The number of carbonyl (C=O) groups is 1. The zero-order chi connectivity index (χ0) is 16.7. The van der Waals surface area contributed by atoms with Crippen LogP contribution in [-0.4, -0.2) is 31.0 Å². The number of amides is 1. The van der Waals surface area contributed by atoms with Gasteiger partial charge in [0.05, 0.1) is 11.6 Å². The van der Waals surface area contributed by atoms with Crippen molar-refractivity contribution in [2.24, 2.45) is 5.73 Å². The smallest absolute Gasteiger partial charge is 0.224 e. The fourth-order valence-corrected chi connectivity index (χ4v) is 2.33. The number of nitrogens with two attached hydrogens (primary N) is 1. The molecule has 0 heterocycles. The standard InChI is InChI=1S/C18H21ClN2O2/c1-21(11-12-23-17-10-6-5-9-15(17)19)18(22)13-16(20)14-7-3-2-4-8-14/h2-10,16H,11-13,20H2,1H3. The molecule has 0 aliphatic rings. The molecule has 5 heteroatoms. The molecule has 2 rings (SSSR count). The Kier molecular flexibility index (Phi) is 6.44. The summed E-state index contributed by atoms with van der Waals surface area (Å²) in [5, 5.41) is 0.563. The minimum Gasteiger partial charge on any atom is -0.490 e. The van der Waals surface area contributed by atoms with Gasteiger partial charge in [-0.05, 0) is 17.7 Å². The van der Waals surface area contributed by atoms with Gasteiger partial charge in [-0.25, -0.2) is 0 Å². The number of benzene rings is 2. The zero-order valence-electron chi connectivity index (χ0n) is 13.1. The van der Waals surface area contributed by atoms with Crippen molar-refractivity contribution in [1.82, 2.24) is 4.90 Å². The van der Waals surface area contributed by atoms with Gasteiger partial charge >= 0.3 is 0 Å². The SMILES string of the molecule is CN(CCOc1ccccc1Cl)C(=O)CC(N)c1ccccc1. The van der Waals surface area contributed by atoms with Crippen LogP contribution in [0, 0.1) is 0 Å². The third kappa shape index (κ3) is 5.27. The van der Waals surface area contributed by atoms with E-state index in [1.165, 1.54) is 0 Å². The van der Waals surface area contributed by atoms with Crippen molar-refractivity contribution in [3.63, 3.8) is 0 Å². The van der Waals surface area contributed by atoms with Gasteiger partial charge in [0, 0.05) is 19.5 Å². The molecular weight excluding hydrogens is 312 g/mol. The van der Waals surface area contributed by atoms with E-state index in [4.69, 9.17) is 22.1 Å². The topological polar surface area (TPSA) is 55.6 Å². The van der Waals surface area contributed by atoms with Gasteiger partial charge in [0.1, 0.15) is 12.4 Å². The van der Waals surface area contributed by atoms with Gasteiger partial charge in [0.15, 0.2) is 0 Å². The Balaban J connectivity index is 1.78. The third-order valence-corrected chi connectivity index (χ3v) is 3.88. The number of rotatable bonds is 7. The van der Waals surface area contributed by atoms with E-state index < -0.39 is 0 Å². The Bertz CT molecular complexity index is 634. The number of para-hydroxylation sites is 1. The lowest BCUT2D eigenvalue weighted by atomic mass is 10.0. The fraction of sp³-hybridized carbons (Fsp3) is 0.278. The number of likely N-dealkylation sites (N-methyl/N-ethyl adjacent to an activating group) is 1. The molecule has 4 nitrogen and oxygen atoms in total. The highest BCUT2D eigenvalue weighted by Gasteiger charge is 2.15. The molecule has 0 bridgehead atoms. The Morgan fingerprint density at radius 1 is 1.17 bits per heavy atom. The molecule has 0 spiro atoms. The summed E-state index contributed by atoms with van der Waals surface area (Å²) in [4.78, 5) is 13.8. The van der Waals surface area contributed by atoms with E-state index in [2.05, 4.69) is 0 Å². The molecule has 1 unspecified atom stereocenters. The first kappa shape index (κ1) is 17.3. The van der Waals surface area contributed by atoms with Gasteiger partial charge in [-0.2, -0.15) is 0 Å². The summed E-state index contributed by atoms with van der Waals surface area (Å²) < 4.78 is 5.59. The highest BCUT2D eigenvalue weighted by atomic mass is 35.5. The molecule has 0 radical (unpaired) electrons. The van der Waals surface area contributed by atoms with Crippen molar-refractivity contribution in [3.8, 4) is 5.75 Å². The van der Waals surface area contributed by atoms with Crippen molar-refractivity contribution >= 4 is 17.5 Å². The predicted molar refractivity (Wildman–Crippen MR) is 92.6 cm³/mol. The monoisotopic (exact) mass is 332 g/mol. The maximum absolute atomic E-state index is 12.2. The second-order valence-corrected chi connectivity index (χ2v) is 5.72. The van der Waals surface area contributed by atoms with E-state index in [0.717, 1.165) is 5.56 Å². The molecule has 2 aromatic carbocycles. The summed E-state index contributed by atoms with van der Waals surface area (Å²) in [5.41, 5.74) is 7.04. The summed E-state index contributed by atoms with van der Waals surface area (Å²) in [7, 11) is 1.75. The first-order valence-corrected chi connectivity index (χ1v) is 7.87. The highest BCUT2D eigenvalue weighted by Crippen LogP contribution is 2.23. The molecule has 2 N–H and O–H groups in total. The van der Waals surface area contributed by atoms with Crippen LogP contribution in [0.5, 0.6) is 5.75 Å². The summed E-state index contributed by atoms with van der Waals surface area (Å²) >= 11 is 6.02. The van der Waals surface area contributed by atoms with Gasteiger partial charge in [0.25, 0.3) is 0 Å². The van der Waals surface area contributed by atoms with Crippen molar-refractivity contribution in [2.45, 2.75) is 12.5 Å². The van der Waals surface area contributed by atoms with Gasteiger partial charge in [-0.1, -0.05) is 54.1 Å². The number of nitrogens with zero attached hydrogens (tertiary/aromatic N) is 1. The Morgan fingerprint density at radius 2 is 1.83 bits per heavy atom. The predicted octanol–water partition coefficient (Wildman–Crippen LogP) is 3.27. The van der Waals surface area contributed by atoms with Crippen LogP contribution in [0.4, 0.5) is 0 Å². The largest absolute Gasteiger partial charge is 0.490 e. The summed E-state index contributed by atoms with van der Waals surface area (Å²) in [6.45, 7) is 0.859. The molecule has 0 aromatic heterocycles. The number of carbonyl (C=O) groups excluding carboxylic acids is 1. The number of hydrogen-bond donors (Lipinski definition) is 1. The third-order valence-electron chi connectivity index (χ3n) is 3.57. The Hall–Kier alpha value is -2.04. The second kappa shape index (κ2) is 8.56. The van der Waals surface area contributed by atoms with Crippen LogP contribution in [0.25, 0.3) is 0 Å². The maximum Gasteiger partial charge on any atom is 0.224 e. The van der Waals surface area contributed by atoms with Gasteiger partial charge < -0.3 is 15.4 Å². The van der Waals surface area contributed by atoms with Gasteiger partial charge in [0.2, 0.25) is 5.91 Å². The lowest BCUT2D eigenvalue weighted by Gasteiger charge is -2.20. The minimum atomic E-state index is -0.296. The number of ether oxygens (including phenoxy) is 1. The van der Waals surface area contributed by atoms with Crippen LogP contribution >= 0.6 is 11.6 Å². The lowest BCUT2D eigenvalue weighted by molar-refractivity contribution is -0.130. The quantitative estimate of drug-likeness (QED) is 0.846. The van der Waals surface area contributed by atoms with Crippen LogP contribution in [-0.2, 0) is 4.79 Å². The summed E-state index contributed by atoms with van der Waals surface area (Å²) in [6.07, 6.45) is 0.270. The van der Waals surface area contributed by atoms with Crippen molar-refractivity contribution < 1.29 is 9.53 Å². The normalized spacial score (nSPS) is 11.8. The fourth-order valence-electron chi connectivity index (χ4n) is 2.14. The first-order chi connectivity index (χ1) is 11.1. The molecule has 1 amide bonds. The molecule has 1 atom stereocenters. The van der Waals surface area contributed by atoms with Crippen LogP contribution in [0.3, 0.4) is 0 Å². The van der Waals surface area contributed by atoms with E-state index in [9.17, 15) is 4.79 Å². The molecule has 122 valence electrons. The molecule has 0 saturated carbocycles. The number of halogens is 1. The molecule has 0 fully saturated rings. The van der Waals surface area contributed by atoms with Gasteiger partial charge in [-0.3, -0.25) is 4.79 Å². The average Bonchev–Trinajstić information content (AvgIpc) is 2.57. The maximum atomic E-state index is 12.2. The molecule has 0 aliphatic heterocycles. The lowest BCUT2D eigenvalue weighted by Crippen LogP contribution is -2.33. The first-order valence-electron chi connectivity index (χ1n) is 7.49. The van der Waals surface area contributed by atoms with Crippen LogP contribution in [0.2, 0.25) is 5.02 Å². The molecule has 23 heavy (non-hydrogen) atoms. The van der Waals surface area contributed by atoms with Crippen molar-refractivity contribution in [1.29, 1.82) is 0 Å². The molecular formula is C18H21ClN2O2. The Morgan fingerprint density at radius 3 is 2.52 bits per heavy atom. The van der Waals surface area contributed by atoms with E-state index >= 15 is 0 Å². The van der Waals surface area contributed by atoms with Crippen molar-refractivity contribution in [2.75, 3.05) is 20.2 Å². The molecule has 2 aromatic rings.